The molecule has 0 aliphatic carbocycles. The van der Waals surface area contributed by atoms with Crippen LogP contribution in [0.2, 0.25) is 5.02 Å². The largest absolute Gasteiger partial charge is 0.458 e. The fourth-order valence-corrected chi connectivity index (χ4v) is 2.64. The van der Waals surface area contributed by atoms with Crippen molar-refractivity contribution in [1.29, 1.82) is 0 Å². The van der Waals surface area contributed by atoms with Crippen LogP contribution >= 0.6 is 11.6 Å². The van der Waals surface area contributed by atoms with Gasteiger partial charge in [-0.3, -0.25) is 9.59 Å². The molecular formula is C20H22ClNO3. The maximum atomic E-state index is 12.3. The van der Waals surface area contributed by atoms with Crippen LogP contribution in [-0.2, 0) is 14.3 Å². The smallest absolute Gasteiger partial charge is 0.308 e. The van der Waals surface area contributed by atoms with E-state index < -0.39 is 6.04 Å². The Labute approximate surface area is 153 Å². The molecule has 5 heteroatoms. The number of ether oxygens (including phenoxy) is 1. The van der Waals surface area contributed by atoms with E-state index >= 15 is 0 Å². The second-order valence-electron chi connectivity index (χ2n) is 6.05. The highest BCUT2D eigenvalue weighted by atomic mass is 35.5. The van der Waals surface area contributed by atoms with Crippen LogP contribution in [0, 0.1) is 6.92 Å². The van der Waals surface area contributed by atoms with Gasteiger partial charge < -0.3 is 10.1 Å². The van der Waals surface area contributed by atoms with Crippen molar-refractivity contribution in [1.82, 2.24) is 5.32 Å². The minimum atomic E-state index is -0.414. The monoisotopic (exact) mass is 359 g/mol. The van der Waals surface area contributed by atoms with E-state index in [4.69, 9.17) is 16.3 Å². The molecule has 2 atom stereocenters. The van der Waals surface area contributed by atoms with Crippen molar-refractivity contribution in [2.45, 2.75) is 39.3 Å². The molecule has 0 radical (unpaired) electrons. The third kappa shape index (κ3) is 5.91. The molecule has 1 N–H and O–H groups in total. The van der Waals surface area contributed by atoms with Gasteiger partial charge in [-0.2, -0.15) is 0 Å². The quantitative estimate of drug-likeness (QED) is 0.771. The molecule has 1 amide bonds. The molecule has 0 saturated carbocycles. The number of rotatable bonds is 6. The molecule has 25 heavy (non-hydrogen) atoms. The molecule has 4 nitrogen and oxygen atoms in total. The molecule has 0 aliphatic heterocycles. The van der Waals surface area contributed by atoms with Crippen molar-refractivity contribution in [3.63, 3.8) is 0 Å². The molecule has 0 fully saturated rings. The zero-order valence-electron chi connectivity index (χ0n) is 14.6. The zero-order valence-corrected chi connectivity index (χ0v) is 15.3. The molecule has 0 spiro atoms. The number of hydrogen-bond acceptors (Lipinski definition) is 3. The standard InChI is InChI=1S/C20H22ClNO3/c1-13-4-6-17(7-5-13)19(22-15(3)23)12-20(24)25-14(2)16-8-10-18(21)11-9-16/h4-11,14,19H,12H2,1-3H3,(H,22,23). The lowest BCUT2D eigenvalue weighted by molar-refractivity contribution is -0.149. The summed E-state index contributed by atoms with van der Waals surface area (Å²) in [5.74, 6) is -0.564. The summed E-state index contributed by atoms with van der Waals surface area (Å²) in [5.41, 5.74) is 2.85. The number of nitrogens with one attached hydrogen (secondary N) is 1. The Morgan fingerprint density at radius 2 is 1.60 bits per heavy atom. The number of esters is 1. The summed E-state index contributed by atoms with van der Waals surface area (Å²) in [7, 11) is 0. The topological polar surface area (TPSA) is 55.4 Å². The van der Waals surface area contributed by atoms with Crippen LogP contribution in [-0.4, -0.2) is 11.9 Å². The molecule has 2 rings (SSSR count). The lowest BCUT2D eigenvalue weighted by Crippen LogP contribution is -2.28. The van der Waals surface area contributed by atoms with Gasteiger partial charge in [0.25, 0.3) is 0 Å². The number of benzene rings is 2. The molecule has 0 saturated heterocycles. The van der Waals surface area contributed by atoms with Gasteiger partial charge in [-0.1, -0.05) is 53.6 Å². The van der Waals surface area contributed by atoms with Gasteiger partial charge in [-0.15, -0.1) is 0 Å². The average molecular weight is 360 g/mol. The van der Waals surface area contributed by atoms with Gasteiger partial charge in [0, 0.05) is 11.9 Å². The number of carbonyl (C=O) groups excluding carboxylic acids is 2. The molecule has 0 aromatic heterocycles. The van der Waals surface area contributed by atoms with Gasteiger partial charge in [0.1, 0.15) is 6.10 Å². The highest BCUT2D eigenvalue weighted by molar-refractivity contribution is 6.30. The normalized spacial score (nSPS) is 13.0. The van der Waals surface area contributed by atoms with Crippen molar-refractivity contribution in [3.8, 4) is 0 Å². The minimum Gasteiger partial charge on any atom is -0.458 e. The van der Waals surface area contributed by atoms with Crippen LogP contribution in [0.5, 0.6) is 0 Å². The molecule has 2 aromatic rings. The van der Waals surface area contributed by atoms with Crippen LogP contribution in [0.15, 0.2) is 48.5 Å². The summed E-state index contributed by atoms with van der Waals surface area (Å²) in [6.07, 6.45) is -0.318. The number of halogens is 1. The molecule has 2 unspecified atom stereocenters. The number of hydrogen-bond donors (Lipinski definition) is 1. The lowest BCUT2D eigenvalue weighted by atomic mass is 10.0. The molecule has 0 heterocycles. The zero-order chi connectivity index (χ0) is 18.4. The van der Waals surface area contributed by atoms with Gasteiger partial charge in [0.05, 0.1) is 12.5 Å². The fourth-order valence-electron chi connectivity index (χ4n) is 2.51. The first-order valence-corrected chi connectivity index (χ1v) is 8.51. The van der Waals surface area contributed by atoms with Crippen molar-refractivity contribution in [2.75, 3.05) is 0 Å². The van der Waals surface area contributed by atoms with Crippen molar-refractivity contribution >= 4 is 23.5 Å². The first kappa shape index (κ1) is 19.0. The Hall–Kier alpha value is -2.33. The Morgan fingerprint density at radius 1 is 1.04 bits per heavy atom. The van der Waals surface area contributed by atoms with Crippen molar-refractivity contribution in [3.05, 3.63) is 70.2 Å². The molecule has 132 valence electrons. The second kappa shape index (κ2) is 8.67. The van der Waals surface area contributed by atoms with E-state index in [2.05, 4.69) is 5.32 Å². The molecule has 0 bridgehead atoms. The van der Waals surface area contributed by atoms with Crippen molar-refractivity contribution < 1.29 is 14.3 Å². The number of carbonyl (C=O) groups is 2. The first-order valence-electron chi connectivity index (χ1n) is 8.13. The summed E-state index contributed by atoms with van der Waals surface area (Å²) < 4.78 is 5.50. The van der Waals surface area contributed by atoms with E-state index in [1.807, 2.05) is 43.3 Å². The third-order valence-electron chi connectivity index (χ3n) is 3.88. The highest BCUT2D eigenvalue weighted by Crippen LogP contribution is 2.23. The SMILES string of the molecule is CC(=O)NC(CC(=O)OC(C)c1ccc(Cl)cc1)c1ccc(C)cc1. The van der Waals surface area contributed by atoms with Gasteiger partial charge in [-0.05, 0) is 37.1 Å². The summed E-state index contributed by atoms with van der Waals surface area (Å²) in [5, 5.41) is 3.44. The number of amides is 1. The summed E-state index contributed by atoms with van der Waals surface area (Å²) in [4.78, 5) is 23.8. The maximum Gasteiger partial charge on any atom is 0.308 e. The molecule has 2 aromatic carbocycles. The van der Waals surface area contributed by atoms with Gasteiger partial charge in [0.15, 0.2) is 0 Å². The predicted octanol–water partition coefficient (Wildman–Crippen LogP) is 4.52. The van der Waals surface area contributed by atoms with E-state index in [1.54, 1.807) is 19.1 Å². The van der Waals surface area contributed by atoms with Gasteiger partial charge >= 0.3 is 5.97 Å². The highest BCUT2D eigenvalue weighted by Gasteiger charge is 2.20. The van der Waals surface area contributed by atoms with Crippen LogP contribution in [0.3, 0.4) is 0 Å². The lowest BCUT2D eigenvalue weighted by Gasteiger charge is -2.20. The molecular weight excluding hydrogens is 338 g/mol. The third-order valence-corrected chi connectivity index (χ3v) is 4.13. The summed E-state index contributed by atoms with van der Waals surface area (Å²) >= 11 is 5.87. The second-order valence-corrected chi connectivity index (χ2v) is 6.49. The van der Waals surface area contributed by atoms with E-state index in [1.165, 1.54) is 6.92 Å². The van der Waals surface area contributed by atoms with Gasteiger partial charge in [0.2, 0.25) is 5.91 Å². The van der Waals surface area contributed by atoms with Crippen LogP contribution in [0.1, 0.15) is 49.1 Å². The Kier molecular flexibility index (Phi) is 6.59. The molecule has 0 aliphatic rings. The Morgan fingerprint density at radius 3 is 2.16 bits per heavy atom. The van der Waals surface area contributed by atoms with E-state index in [0.29, 0.717) is 5.02 Å². The number of aryl methyl sites for hydroxylation is 1. The maximum absolute atomic E-state index is 12.3. The van der Waals surface area contributed by atoms with E-state index in [9.17, 15) is 9.59 Å². The Bertz CT molecular complexity index is 726. The fraction of sp³-hybridized carbons (Fsp3) is 0.300. The Balaban J connectivity index is 2.04. The first-order chi connectivity index (χ1) is 11.8. The minimum absolute atomic E-state index is 0.0700. The summed E-state index contributed by atoms with van der Waals surface area (Å²) in [6.45, 7) is 5.22. The van der Waals surface area contributed by atoms with Crippen LogP contribution in [0.4, 0.5) is 0 Å². The predicted molar refractivity (Wildman–Crippen MR) is 98.3 cm³/mol. The van der Waals surface area contributed by atoms with E-state index in [-0.39, 0.29) is 24.4 Å². The average Bonchev–Trinajstić information content (AvgIpc) is 2.55. The van der Waals surface area contributed by atoms with Crippen LogP contribution in [0.25, 0.3) is 0 Å². The van der Waals surface area contributed by atoms with E-state index in [0.717, 1.165) is 16.7 Å². The summed E-state index contributed by atoms with van der Waals surface area (Å²) in [6, 6.07) is 14.5. The van der Waals surface area contributed by atoms with Crippen molar-refractivity contribution in [2.24, 2.45) is 0 Å². The van der Waals surface area contributed by atoms with Crippen LogP contribution < -0.4 is 5.32 Å². The van der Waals surface area contributed by atoms with Gasteiger partial charge in [-0.25, -0.2) is 0 Å².